The molecule has 0 aromatic carbocycles. The molecule has 2 aromatic rings. The minimum Gasteiger partial charge on any atom is -0.382 e. The van der Waals surface area contributed by atoms with Gasteiger partial charge in [0.1, 0.15) is 6.17 Å². The number of ether oxygens (including phenoxy) is 1. The van der Waals surface area contributed by atoms with Gasteiger partial charge in [0, 0.05) is 64.6 Å². The summed E-state index contributed by atoms with van der Waals surface area (Å²) >= 11 is 0. The smallest absolute Gasteiger partial charge is 0.252 e. The molecule has 5 N–H and O–H groups in total. The zero-order chi connectivity index (χ0) is 26.3. The van der Waals surface area contributed by atoms with Crippen molar-refractivity contribution in [2.75, 3.05) is 50.2 Å². The van der Waals surface area contributed by atoms with E-state index in [1.165, 1.54) is 0 Å². The van der Waals surface area contributed by atoms with Crippen LogP contribution in [0.15, 0.2) is 42.1 Å². The van der Waals surface area contributed by atoms with Gasteiger partial charge in [0.15, 0.2) is 5.82 Å². The summed E-state index contributed by atoms with van der Waals surface area (Å²) in [6, 6.07) is 0.0122. The number of hydrogen-bond acceptors (Lipinski definition) is 11. The molecule has 2 atom stereocenters. The van der Waals surface area contributed by atoms with Gasteiger partial charge in [0.2, 0.25) is 5.95 Å². The zero-order valence-electron chi connectivity index (χ0n) is 22.0. The Morgan fingerprint density at radius 2 is 2.16 bits per heavy atom. The van der Waals surface area contributed by atoms with Gasteiger partial charge in [-0.3, -0.25) is 19.4 Å². The number of aromatic nitrogens is 4. The Kier molecular flexibility index (Phi) is 6.41. The van der Waals surface area contributed by atoms with Gasteiger partial charge < -0.3 is 26.0 Å². The lowest BCUT2D eigenvalue weighted by Crippen LogP contribution is -2.47. The number of fused-ring (bicyclic) bond motifs is 1. The highest BCUT2D eigenvalue weighted by Gasteiger charge is 2.47. The average Bonchev–Trinajstić information content (AvgIpc) is 3.39. The molecule has 4 aliphatic rings. The summed E-state index contributed by atoms with van der Waals surface area (Å²) in [7, 11) is 3.77. The quantitative estimate of drug-likeness (QED) is 0.327. The Balaban J connectivity index is 1.07. The van der Waals surface area contributed by atoms with Crippen LogP contribution < -0.4 is 31.7 Å². The SMILES string of the molecule is CC1NC=C(C(=O)NCCN2CCOC3(CC3)C2)C=C1NC1NN(C)c2nc(Nc3cnn(C)c3)ncc21. The summed E-state index contributed by atoms with van der Waals surface area (Å²) in [4.78, 5) is 24.5. The first-order valence-corrected chi connectivity index (χ1v) is 13.1. The third-order valence-electron chi connectivity index (χ3n) is 7.40. The molecule has 5 heterocycles. The van der Waals surface area contributed by atoms with E-state index in [-0.39, 0.29) is 23.7 Å². The van der Waals surface area contributed by atoms with E-state index in [1.807, 2.05) is 38.3 Å². The van der Waals surface area contributed by atoms with Crippen molar-refractivity contribution in [2.24, 2.45) is 7.05 Å². The molecular formula is C25H35N11O2. The number of rotatable bonds is 8. The molecule has 13 nitrogen and oxygen atoms in total. The van der Waals surface area contributed by atoms with Crippen LogP contribution in [-0.2, 0) is 16.6 Å². The fraction of sp³-hybridized carbons (Fsp3) is 0.520. The van der Waals surface area contributed by atoms with Crippen molar-refractivity contribution in [1.29, 1.82) is 0 Å². The maximum Gasteiger partial charge on any atom is 0.252 e. The number of carbonyl (C=O) groups excluding carboxylic acids is 1. The van der Waals surface area contributed by atoms with Crippen molar-refractivity contribution in [3.05, 3.63) is 47.7 Å². The summed E-state index contributed by atoms with van der Waals surface area (Å²) in [5, 5.41) is 19.1. The minimum atomic E-state index is -0.239. The number of dihydropyridines is 1. The highest BCUT2D eigenvalue weighted by Crippen LogP contribution is 2.41. The maximum atomic E-state index is 12.9. The van der Waals surface area contributed by atoms with E-state index in [4.69, 9.17) is 4.74 Å². The van der Waals surface area contributed by atoms with Crippen molar-refractivity contribution in [1.82, 2.24) is 46.0 Å². The predicted molar refractivity (Wildman–Crippen MR) is 142 cm³/mol. The van der Waals surface area contributed by atoms with Gasteiger partial charge in [-0.1, -0.05) is 0 Å². The zero-order valence-corrected chi connectivity index (χ0v) is 22.0. The Bertz CT molecular complexity index is 1270. The summed E-state index contributed by atoms with van der Waals surface area (Å²) in [5.74, 6) is 1.17. The molecule has 202 valence electrons. The Morgan fingerprint density at radius 3 is 2.95 bits per heavy atom. The molecule has 1 saturated carbocycles. The number of amides is 1. The van der Waals surface area contributed by atoms with E-state index >= 15 is 0 Å². The lowest BCUT2D eigenvalue weighted by molar-refractivity contribution is -0.117. The molecule has 1 saturated heterocycles. The van der Waals surface area contributed by atoms with Gasteiger partial charge in [-0.25, -0.2) is 10.4 Å². The van der Waals surface area contributed by atoms with Crippen molar-refractivity contribution in [2.45, 2.75) is 37.6 Å². The molecule has 2 unspecified atom stereocenters. The first kappa shape index (κ1) is 24.6. The van der Waals surface area contributed by atoms with Crippen LogP contribution in [0.5, 0.6) is 0 Å². The van der Waals surface area contributed by atoms with Crippen molar-refractivity contribution >= 4 is 23.4 Å². The third kappa shape index (κ3) is 5.17. The third-order valence-corrected chi connectivity index (χ3v) is 7.40. The first-order valence-electron chi connectivity index (χ1n) is 13.1. The van der Waals surface area contributed by atoms with Crippen LogP contribution in [-0.4, -0.2) is 82.0 Å². The summed E-state index contributed by atoms with van der Waals surface area (Å²) in [6.07, 6.45) is 11.1. The van der Waals surface area contributed by atoms with Crippen LogP contribution >= 0.6 is 0 Å². The second-order valence-corrected chi connectivity index (χ2v) is 10.4. The van der Waals surface area contributed by atoms with Crippen molar-refractivity contribution in [3.63, 3.8) is 0 Å². The van der Waals surface area contributed by atoms with E-state index in [9.17, 15) is 4.79 Å². The fourth-order valence-corrected chi connectivity index (χ4v) is 5.05. The molecule has 1 aliphatic carbocycles. The van der Waals surface area contributed by atoms with E-state index in [0.717, 1.165) is 61.8 Å². The standard InChI is InChI=1S/C25H35N11O2/c1-16-20(10-17(11-27-16)23(37)26-6-7-36-8-9-38-25(15-36)4-5-25)31-21-19-13-28-24(32-22(19)35(3)33-21)30-18-12-29-34(2)14-18/h10-14,16,21,27,31,33H,4-9,15H2,1-3H3,(H,26,37)(H,28,30,32). The summed E-state index contributed by atoms with van der Waals surface area (Å²) in [6.45, 7) is 6.14. The molecule has 2 aromatic heterocycles. The van der Waals surface area contributed by atoms with E-state index in [2.05, 4.69) is 46.7 Å². The second kappa shape index (κ2) is 9.89. The number of nitrogens with zero attached hydrogens (tertiary/aromatic N) is 6. The Labute approximate surface area is 221 Å². The number of anilines is 3. The van der Waals surface area contributed by atoms with Crippen LogP contribution in [0.1, 0.15) is 31.5 Å². The lowest BCUT2D eigenvalue weighted by Gasteiger charge is -2.33. The maximum absolute atomic E-state index is 12.9. The van der Waals surface area contributed by atoms with Gasteiger partial charge in [0.25, 0.3) is 5.91 Å². The van der Waals surface area contributed by atoms with Gasteiger partial charge in [-0.05, 0) is 25.8 Å². The Hall–Kier alpha value is -3.68. The van der Waals surface area contributed by atoms with Gasteiger partial charge in [-0.15, -0.1) is 0 Å². The molecule has 3 aliphatic heterocycles. The summed E-state index contributed by atoms with van der Waals surface area (Å²) < 4.78 is 7.60. The number of aryl methyl sites for hydroxylation is 1. The molecule has 6 rings (SSSR count). The fourth-order valence-electron chi connectivity index (χ4n) is 5.05. The molecular weight excluding hydrogens is 486 g/mol. The molecule has 13 heteroatoms. The molecule has 2 fully saturated rings. The first-order chi connectivity index (χ1) is 18.4. The van der Waals surface area contributed by atoms with Crippen molar-refractivity contribution < 1.29 is 9.53 Å². The number of morpholine rings is 1. The highest BCUT2D eigenvalue weighted by atomic mass is 16.5. The largest absolute Gasteiger partial charge is 0.382 e. The topological polar surface area (TPSA) is 137 Å². The number of hydrogen-bond donors (Lipinski definition) is 5. The van der Waals surface area contributed by atoms with Crippen LogP contribution in [0.25, 0.3) is 0 Å². The normalized spacial score (nSPS) is 23.8. The molecule has 0 radical (unpaired) electrons. The number of nitrogens with one attached hydrogen (secondary N) is 5. The van der Waals surface area contributed by atoms with E-state index < -0.39 is 0 Å². The lowest BCUT2D eigenvalue weighted by atomic mass is 10.1. The second-order valence-electron chi connectivity index (χ2n) is 10.4. The van der Waals surface area contributed by atoms with Crippen LogP contribution in [0.4, 0.5) is 17.5 Å². The van der Waals surface area contributed by atoms with Gasteiger partial charge in [-0.2, -0.15) is 10.1 Å². The molecule has 0 bridgehead atoms. The molecule has 1 spiro atoms. The van der Waals surface area contributed by atoms with Crippen LogP contribution in [0.2, 0.25) is 0 Å². The Morgan fingerprint density at radius 1 is 1.29 bits per heavy atom. The minimum absolute atomic E-state index is 0.0122. The van der Waals surface area contributed by atoms with Crippen LogP contribution in [0, 0.1) is 0 Å². The van der Waals surface area contributed by atoms with Crippen molar-refractivity contribution in [3.8, 4) is 0 Å². The number of hydrazine groups is 1. The van der Waals surface area contributed by atoms with Crippen LogP contribution in [0.3, 0.4) is 0 Å². The monoisotopic (exact) mass is 521 g/mol. The predicted octanol–water partition coefficient (Wildman–Crippen LogP) is 0.237. The number of carbonyl (C=O) groups is 1. The molecule has 1 amide bonds. The van der Waals surface area contributed by atoms with E-state index in [0.29, 0.717) is 18.1 Å². The van der Waals surface area contributed by atoms with Gasteiger partial charge >= 0.3 is 0 Å². The average molecular weight is 522 g/mol. The summed E-state index contributed by atoms with van der Waals surface area (Å²) in [5.41, 5.74) is 6.70. The molecule has 38 heavy (non-hydrogen) atoms. The van der Waals surface area contributed by atoms with E-state index in [1.54, 1.807) is 23.3 Å². The van der Waals surface area contributed by atoms with Gasteiger partial charge in [0.05, 0.1) is 41.3 Å². The highest BCUT2D eigenvalue weighted by molar-refractivity contribution is 5.96.